The summed E-state index contributed by atoms with van der Waals surface area (Å²) in [6, 6.07) is 4.23. The molecule has 0 amide bonds. The molecule has 1 unspecified atom stereocenters. The molecule has 108 valence electrons. The van der Waals surface area contributed by atoms with Crippen molar-refractivity contribution in [2.75, 3.05) is 14.2 Å². The standard InChI is InChI=1S/C15H24ClNO2/c1-10(15(2,3)4)17-9-11-7-8-12(18-5)14(19-6)13(11)16/h7-8,10,17H,9H2,1-6H3. The van der Waals surface area contributed by atoms with Crippen molar-refractivity contribution in [3.05, 3.63) is 22.7 Å². The fourth-order valence-corrected chi connectivity index (χ4v) is 1.94. The van der Waals surface area contributed by atoms with Gasteiger partial charge in [0.15, 0.2) is 11.5 Å². The molecule has 1 rings (SSSR count). The monoisotopic (exact) mass is 285 g/mol. The molecule has 4 heteroatoms. The Labute approximate surface area is 121 Å². The van der Waals surface area contributed by atoms with Gasteiger partial charge in [-0.3, -0.25) is 0 Å². The van der Waals surface area contributed by atoms with Gasteiger partial charge in [-0.2, -0.15) is 0 Å². The van der Waals surface area contributed by atoms with Crippen LogP contribution in [0.4, 0.5) is 0 Å². The average molecular weight is 286 g/mol. The molecule has 1 atom stereocenters. The quantitative estimate of drug-likeness (QED) is 0.890. The lowest BCUT2D eigenvalue weighted by Gasteiger charge is -2.28. The molecular weight excluding hydrogens is 262 g/mol. The molecule has 1 aromatic rings. The van der Waals surface area contributed by atoms with E-state index in [4.69, 9.17) is 21.1 Å². The summed E-state index contributed by atoms with van der Waals surface area (Å²) in [7, 11) is 3.20. The molecule has 1 aromatic carbocycles. The number of ether oxygens (including phenoxy) is 2. The van der Waals surface area contributed by atoms with Gasteiger partial charge in [0.1, 0.15) is 0 Å². The normalized spacial score (nSPS) is 13.2. The van der Waals surface area contributed by atoms with E-state index in [1.807, 2.05) is 12.1 Å². The van der Waals surface area contributed by atoms with E-state index in [0.717, 1.165) is 5.56 Å². The van der Waals surface area contributed by atoms with Gasteiger partial charge in [0, 0.05) is 12.6 Å². The van der Waals surface area contributed by atoms with Crippen molar-refractivity contribution in [3.63, 3.8) is 0 Å². The molecule has 0 aliphatic carbocycles. The van der Waals surface area contributed by atoms with E-state index in [2.05, 4.69) is 33.0 Å². The second kappa shape index (κ2) is 6.49. The van der Waals surface area contributed by atoms with E-state index in [-0.39, 0.29) is 5.41 Å². The van der Waals surface area contributed by atoms with Crippen molar-refractivity contribution < 1.29 is 9.47 Å². The molecule has 0 bridgehead atoms. The van der Waals surface area contributed by atoms with Crippen LogP contribution >= 0.6 is 11.6 Å². The van der Waals surface area contributed by atoms with E-state index in [9.17, 15) is 0 Å². The maximum Gasteiger partial charge on any atom is 0.179 e. The van der Waals surface area contributed by atoms with Gasteiger partial charge < -0.3 is 14.8 Å². The molecule has 3 nitrogen and oxygen atoms in total. The Morgan fingerprint density at radius 1 is 1.21 bits per heavy atom. The third-order valence-electron chi connectivity index (χ3n) is 3.46. The molecule has 0 spiro atoms. The van der Waals surface area contributed by atoms with Crippen molar-refractivity contribution in [1.29, 1.82) is 0 Å². The summed E-state index contributed by atoms with van der Waals surface area (Å²) >= 11 is 6.35. The average Bonchev–Trinajstić information content (AvgIpc) is 2.35. The Hall–Kier alpha value is -0.930. The van der Waals surface area contributed by atoms with Crippen molar-refractivity contribution in [1.82, 2.24) is 5.32 Å². The molecule has 0 saturated carbocycles. The number of rotatable bonds is 5. The number of hydrogen-bond donors (Lipinski definition) is 1. The van der Waals surface area contributed by atoms with Gasteiger partial charge in [-0.1, -0.05) is 38.4 Å². The first kappa shape index (κ1) is 16.1. The predicted octanol–water partition coefficient (Wildman–Crippen LogP) is 3.88. The Morgan fingerprint density at radius 2 is 1.84 bits per heavy atom. The largest absolute Gasteiger partial charge is 0.493 e. The minimum Gasteiger partial charge on any atom is -0.493 e. The highest BCUT2D eigenvalue weighted by Crippen LogP contribution is 2.37. The van der Waals surface area contributed by atoms with Crippen LogP contribution in [0.1, 0.15) is 33.3 Å². The topological polar surface area (TPSA) is 30.5 Å². The van der Waals surface area contributed by atoms with Crippen LogP contribution in [-0.2, 0) is 6.54 Å². The minimum absolute atomic E-state index is 0.211. The lowest BCUT2D eigenvalue weighted by Crippen LogP contribution is -2.37. The van der Waals surface area contributed by atoms with Gasteiger partial charge in [0.2, 0.25) is 0 Å². The van der Waals surface area contributed by atoms with Crippen LogP contribution in [0.15, 0.2) is 12.1 Å². The lowest BCUT2D eigenvalue weighted by atomic mass is 9.88. The maximum atomic E-state index is 6.35. The first-order valence-corrected chi connectivity index (χ1v) is 6.81. The van der Waals surface area contributed by atoms with E-state index in [0.29, 0.717) is 29.1 Å². The van der Waals surface area contributed by atoms with Gasteiger partial charge in [0.25, 0.3) is 0 Å². The Balaban J connectivity index is 2.86. The molecule has 0 fully saturated rings. The number of hydrogen-bond acceptors (Lipinski definition) is 3. The second-order valence-electron chi connectivity index (χ2n) is 5.74. The zero-order chi connectivity index (χ0) is 14.6. The Kier molecular flexibility index (Phi) is 5.50. The van der Waals surface area contributed by atoms with Gasteiger partial charge >= 0.3 is 0 Å². The molecular formula is C15H24ClNO2. The third kappa shape index (κ3) is 4.02. The van der Waals surface area contributed by atoms with Crippen LogP contribution in [0, 0.1) is 5.41 Å². The minimum atomic E-state index is 0.211. The zero-order valence-electron chi connectivity index (χ0n) is 12.6. The van der Waals surface area contributed by atoms with Crippen molar-refractivity contribution in [2.24, 2.45) is 5.41 Å². The van der Waals surface area contributed by atoms with E-state index < -0.39 is 0 Å². The van der Waals surface area contributed by atoms with Gasteiger partial charge in [-0.25, -0.2) is 0 Å². The lowest BCUT2D eigenvalue weighted by molar-refractivity contribution is 0.285. The summed E-state index contributed by atoms with van der Waals surface area (Å²) in [6.45, 7) is 9.51. The fraction of sp³-hybridized carbons (Fsp3) is 0.600. The third-order valence-corrected chi connectivity index (χ3v) is 3.88. The Bertz CT molecular complexity index is 427. The summed E-state index contributed by atoms with van der Waals surface area (Å²) in [5.41, 5.74) is 1.22. The SMILES string of the molecule is COc1ccc(CNC(C)C(C)(C)C)c(Cl)c1OC. The second-order valence-corrected chi connectivity index (χ2v) is 6.12. The van der Waals surface area contributed by atoms with E-state index in [1.54, 1.807) is 14.2 Å². The first-order valence-electron chi connectivity index (χ1n) is 6.44. The van der Waals surface area contributed by atoms with Crippen molar-refractivity contribution in [3.8, 4) is 11.5 Å². The van der Waals surface area contributed by atoms with Crippen LogP contribution in [0.5, 0.6) is 11.5 Å². The number of halogens is 1. The van der Waals surface area contributed by atoms with Crippen LogP contribution < -0.4 is 14.8 Å². The molecule has 0 radical (unpaired) electrons. The van der Waals surface area contributed by atoms with Crippen LogP contribution in [0.3, 0.4) is 0 Å². The highest BCUT2D eigenvalue weighted by atomic mass is 35.5. The van der Waals surface area contributed by atoms with E-state index in [1.165, 1.54) is 0 Å². The van der Waals surface area contributed by atoms with Gasteiger partial charge in [-0.15, -0.1) is 0 Å². The number of benzene rings is 1. The van der Waals surface area contributed by atoms with E-state index >= 15 is 0 Å². The van der Waals surface area contributed by atoms with Gasteiger partial charge in [-0.05, 0) is 24.0 Å². The summed E-state index contributed by atoms with van der Waals surface area (Å²) in [5.74, 6) is 1.24. The van der Waals surface area contributed by atoms with Gasteiger partial charge in [0.05, 0.1) is 19.2 Å². The number of methoxy groups -OCH3 is 2. The first-order chi connectivity index (χ1) is 8.81. The molecule has 19 heavy (non-hydrogen) atoms. The molecule has 0 saturated heterocycles. The smallest absolute Gasteiger partial charge is 0.179 e. The zero-order valence-corrected chi connectivity index (χ0v) is 13.4. The van der Waals surface area contributed by atoms with Crippen LogP contribution in [0.25, 0.3) is 0 Å². The highest BCUT2D eigenvalue weighted by molar-refractivity contribution is 6.33. The van der Waals surface area contributed by atoms with Crippen LogP contribution in [-0.4, -0.2) is 20.3 Å². The predicted molar refractivity (Wildman–Crippen MR) is 80.3 cm³/mol. The molecule has 0 aromatic heterocycles. The summed E-state index contributed by atoms with van der Waals surface area (Å²) in [4.78, 5) is 0. The fourth-order valence-electron chi connectivity index (χ4n) is 1.64. The highest BCUT2D eigenvalue weighted by Gasteiger charge is 2.20. The summed E-state index contributed by atoms with van der Waals surface area (Å²) in [5, 5.41) is 4.09. The molecule has 1 N–H and O–H groups in total. The van der Waals surface area contributed by atoms with Crippen LogP contribution in [0.2, 0.25) is 5.02 Å². The number of nitrogens with one attached hydrogen (secondary N) is 1. The molecule has 0 aliphatic rings. The Morgan fingerprint density at radius 3 is 2.32 bits per heavy atom. The van der Waals surface area contributed by atoms with Crippen molar-refractivity contribution >= 4 is 11.6 Å². The molecule has 0 heterocycles. The maximum absolute atomic E-state index is 6.35. The summed E-state index contributed by atoms with van der Waals surface area (Å²) < 4.78 is 10.5. The summed E-state index contributed by atoms with van der Waals surface area (Å²) in [6.07, 6.45) is 0. The van der Waals surface area contributed by atoms with Crippen molar-refractivity contribution in [2.45, 2.75) is 40.3 Å². The molecule has 0 aliphatic heterocycles.